The van der Waals surface area contributed by atoms with Gasteiger partial charge in [0.1, 0.15) is 0 Å². The number of benzene rings is 1. The highest BCUT2D eigenvalue weighted by Gasteiger charge is 2.15. The number of aliphatic imine (C=N–C) groups is 1. The van der Waals surface area contributed by atoms with E-state index >= 15 is 0 Å². The second-order valence-corrected chi connectivity index (χ2v) is 7.45. The molecule has 4 nitrogen and oxygen atoms in total. The van der Waals surface area contributed by atoms with Crippen molar-refractivity contribution in [2.75, 3.05) is 25.9 Å². The van der Waals surface area contributed by atoms with Gasteiger partial charge in [0.25, 0.3) is 0 Å². The van der Waals surface area contributed by atoms with Gasteiger partial charge in [-0.25, -0.2) is 0 Å². The van der Waals surface area contributed by atoms with Crippen molar-refractivity contribution >= 4 is 52.6 Å². The summed E-state index contributed by atoms with van der Waals surface area (Å²) in [6, 6.07) is 8.51. The molecule has 132 valence electrons. The van der Waals surface area contributed by atoms with Crippen LogP contribution in [-0.4, -0.2) is 42.1 Å². The first kappa shape index (κ1) is 19.4. The summed E-state index contributed by atoms with van der Waals surface area (Å²) in [7, 11) is 1.84. The van der Waals surface area contributed by atoms with Crippen LogP contribution < -0.4 is 10.6 Å². The van der Waals surface area contributed by atoms with E-state index in [9.17, 15) is 0 Å². The van der Waals surface area contributed by atoms with E-state index in [1.54, 1.807) is 0 Å². The Hall–Kier alpha value is -0.890. The summed E-state index contributed by atoms with van der Waals surface area (Å²) in [5, 5.41) is 8.96. The molecule has 1 unspecified atom stereocenters. The van der Waals surface area contributed by atoms with Crippen molar-refractivity contribution in [2.24, 2.45) is 4.99 Å². The van der Waals surface area contributed by atoms with Gasteiger partial charge >= 0.3 is 0 Å². The number of nitrogens with one attached hydrogen (secondary N) is 3. The lowest BCUT2D eigenvalue weighted by atomic mass is 10.1. The number of nitrogens with zero attached hydrogens (tertiary/aromatic N) is 1. The first-order chi connectivity index (χ1) is 11.3. The Bertz CT molecular complexity index is 677. The highest BCUT2D eigenvalue weighted by molar-refractivity contribution is 14.0. The van der Waals surface area contributed by atoms with Crippen LogP contribution in [-0.2, 0) is 6.42 Å². The molecule has 0 aliphatic carbocycles. The fourth-order valence-corrected chi connectivity index (χ4v) is 4.40. The molecule has 1 aromatic heterocycles. The van der Waals surface area contributed by atoms with Crippen LogP contribution in [0.3, 0.4) is 0 Å². The number of aromatic nitrogens is 1. The third-order valence-electron chi connectivity index (χ3n) is 4.44. The predicted molar refractivity (Wildman–Crippen MR) is 117 cm³/mol. The number of rotatable bonds is 5. The number of aromatic amines is 1. The highest BCUT2D eigenvalue weighted by atomic mass is 127. The lowest BCUT2D eigenvalue weighted by Crippen LogP contribution is -2.40. The molecule has 1 aliphatic heterocycles. The van der Waals surface area contributed by atoms with Crippen molar-refractivity contribution in [2.45, 2.75) is 31.4 Å². The van der Waals surface area contributed by atoms with E-state index in [1.807, 2.05) is 7.05 Å². The van der Waals surface area contributed by atoms with Crippen LogP contribution in [0.1, 0.15) is 24.1 Å². The number of fused-ring (bicyclic) bond motifs is 1. The number of H-pyrrole nitrogens is 1. The highest BCUT2D eigenvalue weighted by Crippen LogP contribution is 2.25. The van der Waals surface area contributed by atoms with Gasteiger partial charge in [0.05, 0.1) is 0 Å². The van der Waals surface area contributed by atoms with Crippen molar-refractivity contribution in [3.05, 3.63) is 35.5 Å². The minimum Gasteiger partial charge on any atom is -0.358 e. The van der Waals surface area contributed by atoms with Gasteiger partial charge in [-0.2, -0.15) is 11.8 Å². The normalized spacial score (nSPS) is 17.8. The number of hydrogen-bond donors (Lipinski definition) is 3. The molecule has 1 atom stereocenters. The summed E-state index contributed by atoms with van der Waals surface area (Å²) >= 11 is 2.07. The van der Waals surface area contributed by atoms with Gasteiger partial charge in [0, 0.05) is 42.0 Å². The van der Waals surface area contributed by atoms with E-state index in [-0.39, 0.29) is 24.0 Å². The predicted octanol–water partition coefficient (Wildman–Crippen LogP) is 3.70. The second kappa shape index (κ2) is 9.56. The molecule has 0 radical (unpaired) electrons. The Kier molecular flexibility index (Phi) is 7.74. The number of thioether (sulfide) groups is 1. The van der Waals surface area contributed by atoms with Crippen molar-refractivity contribution in [3.8, 4) is 0 Å². The third-order valence-corrected chi connectivity index (χ3v) is 5.84. The van der Waals surface area contributed by atoms with Crippen LogP contribution in [0.2, 0.25) is 0 Å². The Labute approximate surface area is 165 Å². The zero-order valence-electron chi connectivity index (χ0n) is 14.4. The van der Waals surface area contributed by atoms with Crippen LogP contribution in [0.4, 0.5) is 0 Å². The molecule has 1 aliphatic rings. The number of aryl methyl sites for hydroxylation is 1. The van der Waals surface area contributed by atoms with Gasteiger partial charge < -0.3 is 15.6 Å². The largest absolute Gasteiger partial charge is 0.358 e. The van der Waals surface area contributed by atoms with Crippen LogP contribution in [0.25, 0.3) is 10.9 Å². The van der Waals surface area contributed by atoms with E-state index in [1.165, 1.54) is 40.8 Å². The van der Waals surface area contributed by atoms with Gasteiger partial charge in [0.2, 0.25) is 0 Å². The van der Waals surface area contributed by atoms with Crippen LogP contribution in [0, 0.1) is 6.92 Å². The summed E-state index contributed by atoms with van der Waals surface area (Å²) in [6.07, 6.45) is 3.67. The zero-order chi connectivity index (χ0) is 16.1. The number of para-hydroxylation sites is 1. The van der Waals surface area contributed by atoms with Gasteiger partial charge in [-0.05, 0) is 43.6 Å². The van der Waals surface area contributed by atoms with Crippen molar-refractivity contribution in [3.63, 3.8) is 0 Å². The second-order valence-electron chi connectivity index (χ2n) is 6.04. The molecule has 2 aromatic rings. The number of halogens is 1. The average molecular weight is 458 g/mol. The van der Waals surface area contributed by atoms with Crippen molar-refractivity contribution in [1.82, 2.24) is 15.6 Å². The summed E-state index contributed by atoms with van der Waals surface area (Å²) in [5.41, 5.74) is 3.88. The standard InChI is InChI=1S/C18H26N4S.HI/c1-13-15(16-7-3-4-8-17(16)22-13)9-10-20-18(19-2)21-12-14-6-5-11-23-14;/h3-4,7-8,14,22H,5-6,9-12H2,1-2H3,(H2,19,20,21);1H. The van der Waals surface area contributed by atoms with Crippen LogP contribution in [0.15, 0.2) is 29.3 Å². The Morgan fingerprint density at radius 3 is 2.92 bits per heavy atom. The number of hydrogen-bond acceptors (Lipinski definition) is 2. The maximum absolute atomic E-state index is 4.33. The molecule has 0 bridgehead atoms. The molecule has 3 rings (SSSR count). The molecular formula is C18H27IN4S. The van der Waals surface area contributed by atoms with E-state index in [2.05, 4.69) is 63.6 Å². The third kappa shape index (κ3) is 4.81. The van der Waals surface area contributed by atoms with E-state index < -0.39 is 0 Å². The van der Waals surface area contributed by atoms with Gasteiger partial charge in [-0.1, -0.05) is 18.2 Å². The summed E-state index contributed by atoms with van der Waals surface area (Å²) in [5.74, 6) is 2.22. The number of guanidine groups is 1. The van der Waals surface area contributed by atoms with Gasteiger partial charge in [-0.15, -0.1) is 24.0 Å². The van der Waals surface area contributed by atoms with Gasteiger partial charge in [0.15, 0.2) is 5.96 Å². The average Bonchev–Trinajstić information content (AvgIpc) is 3.18. The first-order valence-electron chi connectivity index (χ1n) is 8.40. The molecule has 24 heavy (non-hydrogen) atoms. The Balaban J connectivity index is 0.00000208. The topological polar surface area (TPSA) is 52.2 Å². The summed E-state index contributed by atoms with van der Waals surface area (Å²) < 4.78 is 0. The molecule has 0 spiro atoms. The molecule has 2 heterocycles. The zero-order valence-corrected chi connectivity index (χ0v) is 17.5. The lowest BCUT2D eigenvalue weighted by Gasteiger charge is -2.14. The van der Waals surface area contributed by atoms with E-state index in [0.29, 0.717) is 0 Å². The minimum atomic E-state index is 0. The lowest BCUT2D eigenvalue weighted by molar-refractivity contribution is 0.724. The molecule has 0 amide bonds. The quantitative estimate of drug-likeness (QED) is 0.364. The SMILES string of the molecule is CN=C(NCCc1c(C)[nH]c2ccccc12)NCC1CCCS1.I. The Morgan fingerprint density at radius 1 is 1.33 bits per heavy atom. The van der Waals surface area contributed by atoms with Crippen LogP contribution in [0.5, 0.6) is 0 Å². The van der Waals surface area contributed by atoms with E-state index in [0.717, 1.165) is 30.7 Å². The smallest absolute Gasteiger partial charge is 0.191 e. The minimum absolute atomic E-state index is 0. The first-order valence-corrected chi connectivity index (χ1v) is 9.45. The molecular weight excluding hydrogens is 431 g/mol. The van der Waals surface area contributed by atoms with Crippen molar-refractivity contribution in [1.29, 1.82) is 0 Å². The maximum atomic E-state index is 4.33. The molecule has 6 heteroatoms. The molecule has 3 N–H and O–H groups in total. The molecule has 1 fully saturated rings. The fraction of sp³-hybridized carbons (Fsp3) is 0.500. The fourth-order valence-electron chi connectivity index (χ4n) is 3.20. The van der Waals surface area contributed by atoms with Crippen molar-refractivity contribution < 1.29 is 0 Å². The molecule has 1 saturated heterocycles. The monoisotopic (exact) mass is 458 g/mol. The van der Waals surface area contributed by atoms with E-state index in [4.69, 9.17) is 0 Å². The summed E-state index contributed by atoms with van der Waals surface area (Å²) in [4.78, 5) is 7.79. The molecule has 1 aromatic carbocycles. The Morgan fingerprint density at radius 2 is 2.17 bits per heavy atom. The van der Waals surface area contributed by atoms with Crippen LogP contribution >= 0.6 is 35.7 Å². The van der Waals surface area contributed by atoms with Gasteiger partial charge in [-0.3, -0.25) is 4.99 Å². The molecule has 0 saturated carbocycles. The maximum Gasteiger partial charge on any atom is 0.191 e. The summed E-state index contributed by atoms with van der Waals surface area (Å²) in [6.45, 7) is 4.05.